The third-order valence-electron chi connectivity index (χ3n) is 5.95. The lowest BCUT2D eigenvalue weighted by Crippen LogP contribution is -2.49. The van der Waals surface area contributed by atoms with E-state index in [1.807, 2.05) is 18.2 Å². The van der Waals surface area contributed by atoms with E-state index in [4.69, 9.17) is 0 Å². The maximum absolute atomic E-state index is 12.6. The van der Waals surface area contributed by atoms with Crippen LogP contribution in [0.1, 0.15) is 69.8 Å². The number of hydrogen-bond donors (Lipinski definition) is 0. The van der Waals surface area contributed by atoms with Gasteiger partial charge in [0, 0.05) is 31.8 Å². The summed E-state index contributed by atoms with van der Waals surface area (Å²) in [6, 6.07) is 10.6. The predicted octanol–water partition coefficient (Wildman–Crippen LogP) is 4.54. The Bertz CT molecular complexity index is 567. The van der Waals surface area contributed by atoms with Crippen molar-refractivity contribution in [3.05, 3.63) is 35.9 Å². The molecule has 136 valence electrons. The van der Waals surface area contributed by atoms with Gasteiger partial charge in [0.25, 0.3) is 0 Å². The molecule has 0 radical (unpaired) electrons. The molecule has 0 N–H and O–H groups in total. The van der Waals surface area contributed by atoms with Gasteiger partial charge in [-0.2, -0.15) is 0 Å². The molecule has 3 rings (SSSR count). The fraction of sp³-hybridized carbons (Fsp3) is 0.636. The molecule has 3 heteroatoms. The molecule has 1 saturated carbocycles. The van der Waals surface area contributed by atoms with Crippen molar-refractivity contribution in [3.63, 3.8) is 0 Å². The van der Waals surface area contributed by atoms with Crippen LogP contribution in [-0.4, -0.2) is 29.2 Å². The summed E-state index contributed by atoms with van der Waals surface area (Å²) in [7, 11) is 0. The number of benzene rings is 1. The molecule has 1 aromatic carbocycles. The van der Waals surface area contributed by atoms with Gasteiger partial charge >= 0.3 is 0 Å². The van der Waals surface area contributed by atoms with Crippen LogP contribution in [0.15, 0.2) is 30.3 Å². The van der Waals surface area contributed by atoms with E-state index in [0.29, 0.717) is 31.7 Å². The number of carbonyl (C=O) groups excluding carboxylic acids is 2. The maximum Gasteiger partial charge on any atom is 0.222 e. The Morgan fingerprint density at radius 3 is 2.52 bits per heavy atom. The number of amides is 1. The van der Waals surface area contributed by atoms with E-state index in [0.717, 1.165) is 25.3 Å². The molecular formula is C22H31NO2. The van der Waals surface area contributed by atoms with Gasteiger partial charge in [-0.25, -0.2) is 0 Å². The quantitative estimate of drug-likeness (QED) is 0.730. The standard InChI is InChI=1S/C22H31NO2/c24-20(16-15-18-8-2-1-3-9-18)12-6-14-22(25)23-17-7-11-19-10-4-5-13-21(19)23/h1-3,8-9,19,21H,4-7,10-17H2. The van der Waals surface area contributed by atoms with E-state index in [2.05, 4.69) is 17.0 Å². The van der Waals surface area contributed by atoms with Gasteiger partial charge in [-0.15, -0.1) is 0 Å². The molecule has 1 aliphatic carbocycles. The minimum absolute atomic E-state index is 0.283. The van der Waals surface area contributed by atoms with Crippen LogP contribution in [0.5, 0.6) is 0 Å². The molecule has 1 aromatic rings. The van der Waals surface area contributed by atoms with Crippen molar-refractivity contribution in [1.29, 1.82) is 0 Å². The van der Waals surface area contributed by atoms with Crippen molar-refractivity contribution in [2.24, 2.45) is 5.92 Å². The number of nitrogens with zero attached hydrogens (tertiary/aromatic N) is 1. The summed E-state index contributed by atoms with van der Waals surface area (Å²) in [5, 5.41) is 0. The van der Waals surface area contributed by atoms with Crippen LogP contribution in [0.25, 0.3) is 0 Å². The highest BCUT2D eigenvalue weighted by Gasteiger charge is 2.35. The first-order valence-corrected chi connectivity index (χ1v) is 10.1. The van der Waals surface area contributed by atoms with Crippen LogP contribution in [0.2, 0.25) is 0 Å². The number of hydrogen-bond acceptors (Lipinski definition) is 2. The zero-order valence-corrected chi connectivity index (χ0v) is 15.3. The molecule has 2 unspecified atom stereocenters. The van der Waals surface area contributed by atoms with Gasteiger partial charge in [0.2, 0.25) is 5.91 Å². The molecule has 2 aliphatic rings. The van der Waals surface area contributed by atoms with E-state index >= 15 is 0 Å². The molecule has 1 heterocycles. The highest BCUT2D eigenvalue weighted by molar-refractivity contribution is 5.80. The van der Waals surface area contributed by atoms with E-state index in [-0.39, 0.29) is 11.7 Å². The number of piperidine rings is 1. The van der Waals surface area contributed by atoms with Crippen molar-refractivity contribution < 1.29 is 9.59 Å². The van der Waals surface area contributed by atoms with Crippen molar-refractivity contribution in [3.8, 4) is 0 Å². The lowest BCUT2D eigenvalue weighted by Gasteiger charge is -2.44. The fourth-order valence-electron chi connectivity index (χ4n) is 4.57. The molecule has 25 heavy (non-hydrogen) atoms. The number of rotatable bonds is 7. The molecule has 2 fully saturated rings. The third kappa shape index (κ3) is 5.17. The van der Waals surface area contributed by atoms with Gasteiger partial charge in [-0.3, -0.25) is 9.59 Å². The number of Topliss-reactive ketones (excluding diaryl/α,β-unsaturated/α-hetero) is 1. The minimum Gasteiger partial charge on any atom is -0.339 e. The Labute approximate surface area is 151 Å². The number of carbonyl (C=O) groups is 2. The van der Waals surface area contributed by atoms with Crippen LogP contribution in [-0.2, 0) is 16.0 Å². The molecule has 0 spiro atoms. The molecular weight excluding hydrogens is 310 g/mol. The van der Waals surface area contributed by atoms with E-state index < -0.39 is 0 Å². The molecule has 2 atom stereocenters. The zero-order chi connectivity index (χ0) is 17.5. The average molecular weight is 341 g/mol. The van der Waals surface area contributed by atoms with Crippen molar-refractivity contribution in [2.75, 3.05) is 6.54 Å². The van der Waals surface area contributed by atoms with E-state index in [1.54, 1.807) is 0 Å². The first-order chi connectivity index (χ1) is 12.2. The maximum atomic E-state index is 12.6. The van der Waals surface area contributed by atoms with Crippen LogP contribution in [0.3, 0.4) is 0 Å². The van der Waals surface area contributed by atoms with E-state index in [9.17, 15) is 9.59 Å². The largest absolute Gasteiger partial charge is 0.339 e. The third-order valence-corrected chi connectivity index (χ3v) is 5.95. The summed E-state index contributed by atoms with van der Waals surface area (Å²) < 4.78 is 0. The smallest absolute Gasteiger partial charge is 0.222 e. The summed E-state index contributed by atoms with van der Waals surface area (Å²) in [6.07, 6.45) is 10.7. The fourth-order valence-corrected chi connectivity index (χ4v) is 4.57. The molecule has 0 bridgehead atoms. The number of aryl methyl sites for hydroxylation is 1. The lowest BCUT2D eigenvalue weighted by molar-refractivity contribution is -0.137. The Kier molecular flexibility index (Phi) is 6.66. The molecule has 3 nitrogen and oxygen atoms in total. The van der Waals surface area contributed by atoms with Crippen LogP contribution in [0, 0.1) is 5.92 Å². The highest BCUT2D eigenvalue weighted by atomic mass is 16.2. The summed E-state index contributed by atoms with van der Waals surface area (Å²) in [5.41, 5.74) is 1.21. The second-order valence-corrected chi connectivity index (χ2v) is 7.72. The SMILES string of the molecule is O=C(CCCC(=O)N1CCCC2CCCCC21)CCc1ccccc1. The Morgan fingerprint density at radius 1 is 0.920 bits per heavy atom. The van der Waals surface area contributed by atoms with Gasteiger partial charge in [-0.05, 0) is 50.0 Å². The zero-order valence-electron chi connectivity index (χ0n) is 15.3. The lowest BCUT2D eigenvalue weighted by atomic mass is 9.78. The first-order valence-electron chi connectivity index (χ1n) is 10.1. The van der Waals surface area contributed by atoms with Gasteiger partial charge < -0.3 is 4.90 Å². The average Bonchev–Trinajstić information content (AvgIpc) is 2.66. The summed E-state index contributed by atoms with van der Waals surface area (Å²) in [5.74, 6) is 1.30. The predicted molar refractivity (Wildman–Crippen MR) is 100 cm³/mol. The van der Waals surface area contributed by atoms with E-state index in [1.165, 1.54) is 37.7 Å². The normalized spacial score (nSPS) is 23.1. The van der Waals surface area contributed by atoms with Crippen molar-refractivity contribution in [1.82, 2.24) is 4.90 Å². The Balaban J connectivity index is 1.37. The van der Waals surface area contributed by atoms with Gasteiger partial charge in [0.1, 0.15) is 5.78 Å². The first kappa shape index (κ1) is 18.2. The molecule has 1 amide bonds. The van der Waals surface area contributed by atoms with Gasteiger partial charge in [0.05, 0.1) is 0 Å². The van der Waals surface area contributed by atoms with Crippen LogP contribution < -0.4 is 0 Å². The second-order valence-electron chi connectivity index (χ2n) is 7.72. The number of ketones is 1. The van der Waals surface area contributed by atoms with Crippen molar-refractivity contribution >= 4 is 11.7 Å². The number of likely N-dealkylation sites (tertiary alicyclic amines) is 1. The van der Waals surface area contributed by atoms with Crippen molar-refractivity contribution in [2.45, 2.75) is 76.7 Å². The Hall–Kier alpha value is -1.64. The minimum atomic E-state index is 0.283. The highest BCUT2D eigenvalue weighted by Crippen LogP contribution is 2.35. The topological polar surface area (TPSA) is 37.4 Å². The monoisotopic (exact) mass is 341 g/mol. The molecule has 0 aromatic heterocycles. The van der Waals surface area contributed by atoms with Crippen LogP contribution in [0.4, 0.5) is 0 Å². The molecule has 1 aliphatic heterocycles. The van der Waals surface area contributed by atoms with Crippen LogP contribution >= 0.6 is 0 Å². The second kappa shape index (κ2) is 9.17. The van der Waals surface area contributed by atoms with Gasteiger partial charge in [-0.1, -0.05) is 43.2 Å². The Morgan fingerprint density at radius 2 is 1.68 bits per heavy atom. The summed E-state index contributed by atoms with van der Waals surface area (Å²) in [6.45, 7) is 0.932. The van der Waals surface area contributed by atoms with Gasteiger partial charge in [0.15, 0.2) is 0 Å². The molecule has 1 saturated heterocycles. The summed E-state index contributed by atoms with van der Waals surface area (Å²) >= 11 is 0. The number of fused-ring (bicyclic) bond motifs is 1. The summed E-state index contributed by atoms with van der Waals surface area (Å²) in [4.78, 5) is 26.9.